The second kappa shape index (κ2) is 8.07. The molecule has 2 heterocycles. The van der Waals surface area contributed by atoms with Crippen molar-refractivity contribution in [1.82, 2.24) is 14.8 Å². The molecule has 0 saturated heterocycles. The lowest BCUT2D eigenvalue weighted by Gasteiger charge is -2.07. The molecule has 1 N–H and O–H groups in total. The highest BCUT2D eigenvalue weighted by atomic mass is 32.1. The molecule has 31 heavy (non-hydrogen) atoms. The summed E-state index contributed by atoms with van der Waals surface area (Å²) in [7, 11) is 0. The minimum absolute atomic E-state index is 0.124. The Morgan fingerprint density at radius 2 is 1.90 bits per heavy atom. The van der Waals surface area contributed by atoms with Crippen molar-refractivity contribution in [2.45, 2.75) is 13.8 Å². The predicted octanol–water partition coefficient (Wildman–Crippen LogP) is 4.91. The van der Waals surface area contributed by atoms with Crippen molar-refractivity contribution in [1.29, 1.82) is 0 Å². The summed E-state index contributed by atoms with van der Waals surface area (Å²) in [5, 5.41) is 20.6. The van der Waals surface area contributed by atoms with E-state index < -0.39 is 10.8 Å². The maximum Gasteiger partial charge on any atom is 0.273 e. The van der Waals surface area contributed by atoms with Gasteiger partial charge in [-0.05, 0) is 44.2 Å². The molecule has 0 aliphatic heterocycles. The molecule has 2 aromatic carbocycles. The third-order valence-corrected chi connectivity index (χ3v) is 5.37. The van der Waals surface area contributed by atoms with Gasteiger partial charge in [0.25, 0.3) is 11.6 Å². The van der Waals surface area contributed by atoms with Gasteiger partial charge in [0.1, 0.15) is 11.6 Å². The highest BCUT2D eigenvalue weighted by molar-refractivity contribution is 7.12. The molecule has 2 aromatic heterocycles. The first kappa shape index (κ1) is 20.4. The number of carbonyl (C=O) groups is 1. The number of carbonyl (C=O) groups excluding carboxylic acids is 1. The first-order valence-electron chi connectivity index (χ1n) is 9.17. The van der Waals surface area contributed by atoms with Crippen LogP contribution in [0.1, 0.15) is 21.6 Å². The van der Waals surface area contributed by atoms with Crippen molar-refractivity contribution in [3.63, 3.8) is 0 Å². The lowest BCUT2D eigenvalue weighted by molar-refractivity contribution is -0.385. The van der Waals surface area contributed by atoms with E-state index in [0.29, 0.717) is 27.9 Å². The number of nitrogens with one attached hydrogen (secondary N) is 1. The summed E-state index contributed by atoms with van der Waals surface area (Å²) in [6.45, 7) is 3.39. The molecule has 0 fully saturated rings. The molecule has 0 atom stereocenters. The van der Waals surface area contributed by atoms with E-state index in [9.17, 15) is 19.3 Å². The Hall–Kier alpha value is -3.92. The molecular formula is C21H16FN5O3S. The zero-order valence-corrected chi connectivity index (χ0v) is 17.3. The largest absolute Gasteiger partial charge is 0.306 e. The number of anilines is 1. The zero-order chi connectivity index (χ0) is 22.1. The number of nitro groups is 1. The van der Waals surface area contributed by atoms with Crippen LogP contribution in [-0.4, -0.2) is 25.6 Å². The van der Waals surface area contributed by atoms with Gasteiger partial charge in [-0.3, -0.25) is 14.9 Å². The lowest BCUT2D eigenvalue weighted by Crippen LogP contribution is -2.15. The maximum absolute atomic E-state index is 13.2. The maximum atomic E-state index is 13.2. The number of rotatable bonds is 5. The number of aryl methyl sites for hydroxylation is 2. The summed E-state index contributed by atoms with van der Waals surface area (Å²) in [6, 6.07) is 12.0. The molecule has 10 heteroatoms. The number of hydrogen-bond acceptors (Lipinski definition) is 6. The number of halogens is 1. The predicted molar refractivity (Wildman–Crippen MR) is 115 cm³/mol. The molecular weight excluding hydrogens is 421 g/mol. The minimum Gasteiger partial charge on any atom is -0.306 e. The average Bonchev–Trinajstić information content (AvgIpc) is 3.35. The normalized spacial score (nSPS) is 10.8. The van der Waals surface area contributed by atoms with Crippen molar-refractivity contribution in [2.75, 3.05) is 5.32 Å². The fraction of sp³-hybridized carbons (Fsp3) is 0.0952. The molecule has 156 valence electrons. The summed E-state index contributed by atoms with van der Waals surface area (Å²) in [5.74, 6) is -0.450. The highest BCUT2D eigenvalue weighted by Crippen LogP contribution is 2.27. The first-order chi connectivity index (χ1) is 14.8. The van der Waals surface area contributed by atoms with E-state index in [2.05, 4.69) is 15.4 Å². The van der Waals surface area contributed by atoms with Crippen LogP contribution in [0.4, 0.5) is 15.9 Å². The van der Waals surface area contributed by atoms with E-state index >= 15 is 0 Å². The molecule has 0 radical (unpaired) electrons. The van der Waals surface area contributed by atoms with Crippen LogP contribution in [0.5, 0.6) is 0 Å². The average molecular weight is 437 g/mol. The van der Waals surface area contributed by atoms with Gasteiger partial charge in [0.15, 0.2) is 0 Å². The van der Waals surface area contributed by atoms with Gasteiger partial charge in [-0.2, -0.15) is 9.78 Å². The van der Waals surface area contributed by atoms with Crippen LogP contribution in [0.2, 0.25) is 0 Å². The fourth-order valence-electron chi connectivity index (χ4n) is 2.98. The van der Waals surface area contributed by atoms with Gasteiger partial charge < -0.3 is 5.32 Å². The van der Waals surface area contributed by atoms with Gasteiger partial charge in [-0.25, -0.2) is 9.37 Å². The van der Waals surface area contributed by atoms with Crippen molar-refractivity contribution in [2.24, 2.45) is 0 Å². The van der Waals surface area contributed by atoms with Crippen LogP contribution < -0.4 is 5.32 Å². The standard InChI is InChI=1S/C21H16FN5O3S/c1-12-3-4-15(10-18(12)27(29)30)20(28)24-19-9-13(2)25-26(19)21-23-17(11-31-21)14-5-7-16(22)8-6-14/h3-11H,1-2H3,(H,24,28). The second-order valence-electron chi connectivity index (χ2n) is 6.82. The summed E-state index contributed by atoms with van der Waals surface area (Å²) in [4.78, 5) is 27.9. The zero-order valence-electron chi connectivity index (χ0n) is 16.5. The molecule has 0 unspecified atom stereocenters. The van der Waals surface area contributed by atoms with E-state index in [4.69, 9.17) is 0 Å². The third-order valence-electron chi connectivity index (χ3n) is 4.55. The van der Waals surface area contributed by atoms with Gasteiger partial charge in [0.2, 0.25) is 5.13 Å². The third kappa shape index (κ3) is 4.19. The van der Waals surface area contributed by atoms with Crippen LogP contribution in [0.3, 0.4) is 0 Å². The molecule has 1 amide bonds. The Bertz CT molecular complexity index is 1300. The molecule has 8 nitrogen and oxygen atoms in total. The van der Waals surface area contributed by atoms with E-state index in [1.807, 2.05) is 5.38 Å². The topological polar surface area (TPSA) is 103 Å². The Morgan fingerprint density at radius 3 is 2.61 bits per heavy atom. The fourth-order valence-corrected chi connectivity index (χ4v) is 3.78. The number of nitro benzene ring substituents is 1. The van der Waals surface area contributed by atoms with Crippen LogP contribution >= 0.6 is 11.3 Å². The minimum atomic E-state index is -0.521. The number of amides is 1. The van der Waals surface area contributed by atoms with E-state index in [1.165, 1.54) is 46.4 Å². The van der Waals surface area contributed by atoms with Crippen LogP contribution in [0.15, 0.2) is 53.9 Å². The van der Waals surface area contributed by atoms with Crippen molar-refractivity contribution >= 4 is 28.7 Å². The Labute approximate surface area is 180 Å². The smallest absolute Gasteiger partial charge is 0.273 e. The number of thiazole rings is 1. The van der Waals surface area contributed by atoms with Crippen LogP contribution in [0, 0.1) is 29.8 Å². The van der Waals surface area contributed by atoms with E-state index in [0.717, 1.165) is 5.56 Å². The van der Waals surface area contributed by atoms with Crippen LogP contribution in [0.25, 0.3) is 16.4 Å². The van der Waals surface area contributed by atoms with E-state index in [-0.39, 0.29) is 17.1 Å². The van der Waals surface area contributed by atoms with Crippen molar-refractivity contribution in [3.05, 3.63) is 86.7 Å². The highest BCUT2D eigenvalue weighted by Gasteiger charge is 2.18. The number of aromatic nitrogens is 3. The Morgan fingerprint density at radius 1 is 1.16 bits per heavy atom. The van der Waals surface area contributed by atoms with Gasteiger partial charge in [0.05, 0.1) is 16.3 Å². The molecule has 0 aliphatic carbocycles. The lowest BCUT2D eigenvalue weighted by atomic mass is 10.1. The quantitative estimate of drug-likeness (QED) is 0.353. The van der Waals surface area contributed by atoms with Gasteiger partial charge in [0, 0.05) is 34.2 Å². The summed E-state index contributed by atoms with van der Waals surface area (Å²) >= 11 is 1.32. The summed E-state index contributed by atoms with van der Waals surface area (Å²) in [6.07, 6.45) is 0. The van der Waals surface area contributed by atoms with Gasteiger partial charge >= 0.3 is 0 Å². The number of nitrogens with zero attached hydrogens (tertiary/aromatic N) is 4. The molecule has 4 aromatic rings. The van der Waals surface area contributed by atoms with Gasteiger partial charge in [-0.15, -0.1) is 11.3 Å². The monoisotopic (exact) mass is 437 g/mol. The number of hydrogen-bond donors (Lipinski definition) is 1. The SMILES string of the molecule is Cc1cc(NC(=O)c2ccc(C)c([N+](=O)[O-])c2)n(-c2nc(-c3ccc(F)cc3)cs2)n1. The van der Waals surface area contributed by atoms with Crippen molar-refractivity contribution < 1.29 is 14.1 Å². The second-order valence-corrected chi connectivity index (χ2v) is 7.65. The van der Waals surface area contributed by atoms with Gasteiger partial charge in [-0.1, -0.05) is 6.07 Å². The van der Waals surface area contributed by atoms with Crippen molar-refractivity contribution in [3.8, 4) is 16.4 Å². The van der Waals surface area contributed by atoms with Crippen LogP contribution in [-0.2, 0) is 0 Å². The molecule has 4 rings (SSSR count). The summed E-state index contributed by atoms with van der Waals surface area (Å²) < 4.78 is 14.7. The Balaban J connectivity index is 1.63. The molecule has 0 bridgehead atoms. The first-order valence-corrected chi connectivity index (χ1v) is 10.0. The summed E-state index contributed by atoms with van der Waals surface area (Å²) in [5.41, 5.74) is 2.57. The Kier molecular flexibility index (Phi) is 5.30. The van der Waals surface area contributed by atoms with E-state index in [1.54, 1.807) is 32.0 Å². The molecule has 0 saturated carbocycles. The molecule has 0 spiro atoms. The number of benzene rings is 2. The molecule has 0 aliphatic rings.